The van der Waals surface area contributed by atoms with Crippen LogP contribution < -0.4 is 0 Å². The van der Waals surface area contributed by atoms with Crippen molar-refractivity contribution in [2.45, 2.75) is 31.9 Å². The quantitative estimate of drug-likeness (QED) is 0.846. The smallest absolute Gasteiger partial charge is 0.150 e. The van der Waals surface area contributed by atoms with E-state index < -0.39 is 0 Å². The molecule has 1 aromatic carbocycles. The third-order valence-electron chi connectivity index (χ3n) is 4.31. The van der Waals surface area contributed by atoms with Crippen LogP contribution in [0.5, 0.6) is 0 Å². The van der Waals surface area contributed by atoms with Gasteiger partial charge in [-0.2, -0.15) is 5.10 Å². The van der Waals surface area contributed by atoms with Crippen molar-refractivity contribution in [2.75, 3.05) is 19.8 Å². The predicted octanol–water partition coefficient (Wildman–Crippen LogP) is 3.54. The van der Waals surface area contributed by atoms with E-state index in [1.54, 1.807) is 0 Å². The lowest BCUT2D eigenvalue weighted by Gasteiger charge is -2.23. The van der Waals surface area contributed by atoms with E-state index >= 15 is 0 Å². The van der Waals surface area contributed by atoms with E-state index in [9.17, 15) is 0 Å². The van der Waals surface area contributed by atoms with Gasteiger partial charge in [-0.25, -0.2) is 4.68 Å². The summed E-state index contributed by atoms with van der Waals surface area (Å²) in [5, 5.41) is 5.72. The lowest BCUT2D eigenvalue weighted by molar-refractivity contribution is -0.0366. The molecule has 0 N–H and O–H groups in total. The largest absolute Gasteiger partial charge is 0.376 e. The fourth-order valence-electron chi connectivity index (χ4n) is 3.16. The van der Waals surface area contributed by atoms with Crippen molar-refractivity contribution >= 4 is 16.5 Å². The lowest BCUT2D eigenvalue weighted by Crippen LogP contribution is -2.18. The molecule has 0 amide bonds. The first kappa shape index (κ1) is 13.0. The van der Waals surface area contributed by atoms with Crippen molar-refractivity contribution in [3.05, 3.63) is 36.0 Å². The second kappa shape index (κ2) is 5.62. The highest BCUT2D eigenvalue weighted by atomic mass is 16.5. The standard InChI is InChI=1S/C17H20N2O2/c1-2-9-21-17(5-1)19-16-7-6-13(10-15(16)11-18-19)14-4-3-8-20-12-14/h4,6-7,10-11,17H,1-3,5,8-9,12H2. The number of benzene rings is 1. The van der Waals surface area contributed by atoms with Gasteiger partial charge >= 0.3 is 0 Å². The Labute approximate surface area is 124 Å². The maximum atomic E-state index is 5.85. The molecule has 1 saturated heterocycles. The van der Waals surface area contributed by atoms with Gasteiger partial charge in [-0.05, 0) is 49.0 Å². The summed E-state index contributed by atoms with van der Waals surface area (Å²) >= 11 is 0. The van der Waals surface area contributed by atoms with Crippen LogP contribution >= 0.6 is 0 Å². The molecule has 1 unspecified atom stereocenters. The summed E-state index contributed by atoms with van der Waals surface area (Å²) < 4.78 is 13.4. The highest BCUT2D eigenvalue weighted by Gasteiger charge is 2.18. The van der Waals surface area contributed by atoms with E-state index in [1.807, 2.05) is 10.9 Å². The Hall–Kier alpha value is -1.65. The molecule has 0 radical (unpaired) electrons. The van der Waals surface area contributed by atoms with Gasteiger partial charge in [0.1, 0.15) is 0 Å². The van der Waals surface area contributed by atoms with Gasteiger partial charge in [-0.15, -0.1) is 0 Å². The van der Waals surface area contributed by atoms with Crippen LogP contribution in [0.15, 0.2) is 30.5 Å². The van der Waals surface area contributed by atoms with Crippen LogP contribution in [0.25, 0.3) is 16.5 Å². The normalized spacial score (nSPS) is 23.2. The number of hydrogen-bond acceptors (Lipinski definition) is 3. The summed E-state index contributed by atoms with van der Waals surface area (Å²) in [6, 6.07) is 6.54. The topological polar surface area (TPSA) is 36.3 Å². The van der Waals surface area contributed by atoms with Crippen molar-refractivity contribution in [1.82, 2.24) is 9.78 Å². The van der Waals surface area contributed by atoms with Crippen molar-refractivity contribution in [2.24, 2.45) is 0 Å². The summed E-state index contributed by atoms with van der Waals surface area (Å²) in [5.74, 6) is 0. The zero-order chi connectivity index (χ0) is 14.1. The van der Waals surface area contributed by atoms with E-state index in [0.29, 0.717) is 6.61 Å². The molecule has 4 nitrogen and oxygen atoms in total. The number of fused-ring (bicyclic) bond motifs is 1. The van der Waals surface area contributed by atoms with E-state index in [-0.39, 0.29) is 6.23 Å². The first-order valence-corrected chi connectivity index (χ1v) is 7.78. The Morgan fingerprint density at radius 1 is 1.19 bits per heavy atom. The van der Waals surface area contributed by atoms with Crippen LogP contribution in [0.2, 0.25) is 0 Å². The SMILES string of the molecule is C1=C(c2ccc3c(cnn3C3CCCCO3)c2)COCC1. The first-order valence-electron chi connectivity index (χ1n) is 7.78. The zero-order valence-corrected chi connectivity index (χ0v) is 12.1. The fraction of sp³-hybridized carbons (Fsp3) is 0.471. The van der Waals surface area contributed by atoms with Crippen LogP contribution in [-0.4, -0.2) is 29.6 Å². The van der Waals surface area contributed by atoms with Gasteiger partial charge in [-0.3, -0.25) is 0 Å². The van der Waals surface area contributed by atoms with Gasteiger partial charge in [0.15, 0.2) is 6.23 Å². The van der Waals surface area contributed by atoms with Crippen molar-refractivity contribution < 1.29 is 9.47 Å². The molecule has 2 aromatic rings. The van der Waals surface area contributed by atoms with E-state index in [2.05, 4.69) is 29.4 Å². The maximum absolute atomic E-state index is 5.85. The van der Waals surface area contributed by atoms with Gasteiger partial charge in [0.2, 0.25) is 0 Å². The Morgan fingerprint density at radius 2 is 2.19 bits per heavy atom. The van der Waals surface area contributed by atoms with Gasteiger partial charge in [0, 0.05) is 12.0 Å². The molecule has 1 fully saturated rings. The highest BCUT2D eigenvalue weighted by Crippen LogP contribution is 2.28. The predicted molar refractivity (Wildman–Crippen MR) is 82.0 cm³/mol. The highest BCUT2D eigenvalue weighted by molar-refractivity contribution is 5.83. The van der Waals surface area contributed by atoms with Gasteiger partial charge in [0.05, 0.1) is 24.9 Å². The lowest BCUT2D eigenvalue weighted by atomic mass is 10.0. The Bertz CT molecular complexity index is 668. The third-order valence-corrected chi connectivity index (χ3v) is 4.31. The molecule has 21 heavy (non-hydrogen) atoms. The fourth-order valence-corrected chi connectivity index (χ4v) is 3.16. The van der Waals surface area contributed by atoms with Crippen LogP contribution in [0.1, 0.15) is 37.5 Å². The Balaban J connectivity index is 1.68. The van der Waals surface area contributed by atoms with Crippen molar-refractivity contribution in [3.63, 3.8) is 0 Å². The summed E-state index contributed by atoms with van der Waals surface area (Å²) in [6.45, 7) is 2.39. The maximum Gasteiger partial charge on any atom is 0.150 e. The second-order valence-electron chi connectivity index (χ2n) is 5.75. The summed E-state index contributed by atoms with van der Waals surface area (Å²) in [6.07, 6.45) is 8.75. The van der Waals surface area contributed by atoms with Crippen LogP contribution in [0.4, 0.5) is 0 Å². The molecule has 0 saturated carbocycles. The summed E-state index contributed by atoms with van der Waals surface area (Å²) in [5.41, 5.74) is 3.68. The van der Waals surface area contributed by atoms with E-state index in [1.165, 1.54) is 22.9 Å². The minimum atomic E-state index is 0.0966. The summed E-state index contributed by atoms with van der Waals surface area (Å²) in [7, 11) is 0. The van der Waals surface area contributed by atoms with Gasteiger partial charge in [0.25, 0.3) is 0 Å². The molecule has 110 valence electrons. The van der Waals surface area contributed by atoms with Gasteiger partial charge in [-0.1, -0.05) is 12.1 Å². The molecule has 2 aliphatic rings. The molecule has 1 aromatic heterocycles. The van der Waals surface area contributed by atoms with Crippen molar-refractivity contribution in [1.29, 1.82) is 0 Å². The molecule has 1 atom stereocenters. The molecule has 2 aliphatic heterocycles. The number of nitrogens with zero attached hydrogens (tertiary/aromatic N) is 2. The third kappa shape index (κ3) is 2.49. The minimum Gasteiger partial charge on any atom is -0.376 e. The molecular formula is C17H20N2O2. The molecule has 3 heterocycles. The van der Waals surface area contributed by atoms with Crippen LogP contribution in [0.3, 0.4) is 0 Å². The Kier molecular flexibility index (Phi) is 3.49. The average Bonchev–Trinajstić information content (AvgIpc) is 2.99. The van der Waals surface area contributed by atoms with Crippen molar-refractivity contribution in [3.8, 4) is 0 Å². The van der Waals surface area contributed by atoms with Crippen LogP contribution in [0, 0.1) is 0 Å². The second-order valence-corrected chi connectivity index (χ2v) is 5.75. The van der Waals surface area contributed by atoms with E-state index in [4.69, 9.17) is 9.47 Å². The summed E-state index contributed by atoms with van der Waals surface area (Å²) in [4.78, 5) is 0. The number of ether oxygens (including phenoxy) is 2. The molecule has 0 spiro atoms. The minimum absolute atomic E-state index is 0.0966. The number of aromatic nitrogens is 2. The van der Waals surface area contributed by atoms with Crippen LogP contribution in [-0.2, 0) is 9.47 Å². The molecule has 0 bridgehead atoms. The number of rotatable bonds is 2. The first-order chi connectivity index (χ1) is 10.4. The average molecular weight is 284 g/mol. The molecular weight excluding hydrogens is 264 g/mol. The van der Waals surface area contributed by atoms with E-state index in [0.717, 1.165) is 38.0 Å². The van der Waals surface area contributed by atoms with Gasteiger partial charge < -0.3 is 9.47 Å². The molecule has 4 heteroatoms. The molecule has 4 rings (SSSR count). The monoisotopic (exact) mass is 284 g/mol. The Morgan fingerprint density at radius 3 is 3.00 bits per heavy atom. The number of hydrogen-bond donors (Lipinski definition) is 0. The zero-order valence-electron chi connectivity index (χ0n) is 12.1. The molecule has 0 aliphatic carbocycles.